The number of hydrogen-bond acceptors (Lipinski definition) is 23. The fourth-order valence-electron chi connectivity index (χ4n) is 16.2. The maximum Gasteiger partial charge on any atom is 0.251 e. The molecule has 5 aliphatic carbocycles. The van der Waals surface area contributed by atoms with Crippen LogP contribution in [0.4, 0.5) is 63.7 Å². The maximum absolute atomic E-state index is 14.5. The van der Waals surface area contributed by atoms with Gasteiger partial charge in [-0.2, -0.15) is 30.2 Å². The van der Waals surface area contributed by atoms with Crippen LogP contribution in [0.1, 0.15) is 154 Å². The van der Waals surface area contributed by atoms with E-state index in [1.807, 2.05) is 28.2 Å². The van der Waals surface area contributed by atoms with Crippen LogP contribution in [-0.2, 0) is 52.9 Å². The van der Waals surface area contributed by atoms with Crippen LogP contribution in [0.2, 0.25) is 0 Å². The second-order valence-corrected chi connectivity index (χ2v) is 28.7. The number of rotatable bonds is 19. The SMILES string of the molecule is CC(C)c1cc(Nc2nc(N3CC(C4CC4c4cc(Nc5nc(N6C(C(=O)Nc7nccs7)CCC6C6CC6c6cc(Nc7nc(N8CCCC8(C)C(=O)Nc8ccncn8)nc8c7CCC8)n[nH]6)nc6c5CCC6)n[nH]4)CC3C(=O)N3CC(N)C3)nc3c2CCC3)n[nH]1. The van der Waals surface area contributed by atoms with Gasteiger partial charge in [0.15, 0.2) is 22.6 Å². The van der Waals surface area contributed by atoms with E-state index in [0.717, 1.165) is 140 Å². The van der Waals surface area contributed by atoms with Crippen LogP contribution in [-0.4, -0.2) is 154 Å². The fraction of sp³-hybridized carbons (Fsp3) is 0.523. The molecule has 9 unspecified atom stereocenters. The normalized spacial score (nSPS) is 25.8. The predicted octanol–water partition coefficient (Wildman–Crippen LogP) is 7.24. The van der Waals surface area contributed by atoms with Crippen molar-refractivity contribution >= 4 is 92.8 Å². The molecule has 9 aliphatic rings. The molecule has 0 bridgehead atoms. The standard InChI is InChI=1S/C65H77N25O3S/c1-32(2)45-25-52(84-81-45)73-55-35-8-4-11-42(35)70-61(77-55)88-28-33(22-50(88)59(92)87-29-34(66)30-87)38-23-39(38)46-26-53(85-82-46)75-57-37-10-6-13-44(37)72-63(79-57)90-48(14-15-49(90)58(91)80-64-68-19-21-94-64)41-24-40(41)47-27-54(86-83-47)74-56-36-9-5-12-43(36)71-62(78-56)89-20-7-17-65(89,3)60(93)76-51-16-18-67-31-69-51/h16,18-19,21,25-27,31-34,38-41,48-50H,4-15,17,20,22-24,28-30,66H2,1-3H3,(H,68,80,91)(H,67,69,76,93)(H2,70,73,77,81,84)(H2,71,74,78,83,86)(H2,72,75,79,82,85). The van der Waals surface area contributed by atoms with Crippen molar-refractivity contribution in [3.63, 3.8) is 0 Å². The molecule has 6 fully saturated rings. The van der Waals surface area contributed by atoms with Crippen molar-refractivity contribution in [1.29, 1.82) is 0 Å². The van der Waals surface area contributed by atoms with Crippen LogP contribution in [0.15, 0.2) is 48.4 Å². The maximum atomic E-state index is 14.5. The number of carbonyl (C=O) groups excluding carboxylic acids is 3. The third kappa shape index (κ3) is 10.8. The fourth-order valence-corrected chi connectivity index (χ4v) is 16.7. The Morgan fingerprint density at radius 2 is 1.29 bits per heavy atom. The predicted molar refractivity (Wildman–Crippen MR) is 353 cm³/mol. The van der Waals surface area contributed by atoms with Gasteiger partial charge >= 0.3 is 0 Å². The number of fused-ring (bicyclic) bond motifs is 3. The minimum absolute atomic E-state index is 0.00865. The zero-order chi connectivity index (χ0) is 63.5. The van der Waals surface area contributed by atoms with Gasteiger partial charge in [-0.1, -0.05) is 13.8 Å². The van der Waals surface area contributed by atoms with Crippen LogP contribution in [0.3, 0.4) is 0 Å². The number of likely N-dealkylation sites (tertiary alicyclic amines) is 1. The van der Waals surface area contributed by atoms with Gasteiger partial charge in [-0.15, -0.1) is 11.3 Å². The van der Waals surface area contributed by atoms with Gasteiger partial charge in [0.2, 0.25) is 29.7 Å². The molecule has 0 spiro atoms. The molecule has 4 saturated heterocycles. The first-order valence-corrected chi connectivity index (χ1v) is 34.5. The number of aromatic nitrogens is 15. The van der Waals surface area contributed by atoms with E-state index in [9.17, 15) is 14.4 Å². The van der Waals surface area contributed by atoms with Gasteiger partial charge in [-0.05, 0) is 139 Å². The van der Waals surface area contributed by atoms with Crippen molar-refractivity contribution in [3.8, 4) is 0 Å². The van der Waals surface area contributed by atoms with E-state index in [4.69, 9.17) is 45.8 Å². The quantitative estimate of drug-likeness (QED) is 0.0385. The average molecular weight is 1290 g/mol. The zero-order valence-corrected chi connectivity index (χ0v) is 53.7. The number of aryl methyl sites for hydroxylation is 3. The molecule has 17 rings (SSSR count). The highest BCUT2D eigenvalue weighted by Gasteiger charge is 2.55. The molecule has 8 aromatic rings. The van der Waals surface area contributed by atoms with Crippen LogP contribution in [0.5, 0.6) is 0 Å². The highest BCUT2D eigenvalue weighted by atomic mass is 32.1. The highest BCUT2D eigenvalue weighted by molar-refractivity contribution is 7.13. The van der Waals surface area contributed by atoms with E-state index >= 15 is 0 Å². The van der Waals surface area contributed by atoms with Gasteiger partial charge in [0.25, 0.3) is 5.91 Å². The van der Waals surface area contributed by atoms with E-state index in [-0.39, 0.29) is 53.5 Å². The van der Waals surface area contributed by atoms with Crippen LogP contribution >= 0.6 is 11.3 Å². The van der Waals surface area contributed by atoms with Crippen molar-refractivity contribution in [2.24, 2.45) is 23.5 Å². The number of nitrogens with one attached hydrogen (secondary N) is 8. The lowest BCUT2D eigenvalue weighted by Crippen LogP contribution is -2.61. The molecule has 12 heterocycles. The molecule has 9 atom stereocenters. The second-order valence-electron chi connectivity index (χ2n) is 27.8. The van der Waals surface area contributed by atoms with Crippen LogP contribution in [0.25, 0.3) is 0 Å². The minimum Gasteiger partial charge on any atom is -0.338 e. The molecule has 29 heteroatoms. The van der Waals surface area contributed by atoms with E-state index in [0.29, 0.717) is 115 Å². The molecule has 486 valence electrons. The molecular formula is C65H77N25O3S. The van der Waals surface area contributed by atoms with Gasteiger partial charge in [0, 0.05) is 120 Å². The van der Waals surface area contributed by atoms with E-state index in [1.165, 1.54) is 17.7 Å². The Labute approximate surface area is 546 Å². The molecule has 10 N–H and O–H groups in total. The Kier molecular flexibility index (Phi) is 14.5. The summed E-state index contributed by atoms with van der Waals surface area (Å²) in [6.07, 6.45) is 18.1. The summed E-state index contributed by atoms with van der Waals surface area (Å²) in [5, 5.41) is 43.4. The van der Waals surface area contributed by atoms with E-state index in [2.05, 4.69) is 97.7 Å². The first-order valence-electron chi connectivity index (χ1n) is 33.6. The largest absolute Gasteiger partial charge is 0.338 e. The third-order valence-corrected chi connectivity index (χ3v) is 22.1. The number of nitrogens with two attached hydrogens (primary N) is 1. The Morgan fingerprint density at radius 3 is 1.93 bits per heavy atom. The zero-order valence-electron chi connectivity index (χ0n) is 52.9. The first-order chi connectivity index (χ1) is 45.8. The molecule has 94 heavy (non-hydrogen) atoms. The van der Waals surface area contributed by atoms with Gasteiger partial charge in [0.05, 0.1) is 17.1 Å². The van der Waals surface area contributed by atoms with E-state index < -0.39 is 17.6 Å². The van der Waals surface area contributed by atoms with Crippen molar-refractivity contribution in [3.05, 3.63) is 99.2 Å². The number of aromatic amines is 3. The summed E-state index contributed by atoms with van der Waals surface area (Å²) >= 11 is 1.40. The number of H-pyrrole nitrogens is 3. The number of anilines is 11. The van der Waals surface area contributed by atoms with Crippen LogP contribution in [0, 0.1) is 17.8 Å². The van der Waals surface area contributed by atoms with E-state index in [1.54, 1.807) is 18.5 Å². The lowest BCUT2D eigenvalue weighted by Gasteiger charge is -2.40. The molecular weight excluding hydrogens is 1210 g/mol. The first kappa shape index (κ1) is 58.6. The summed E-state index contributed by atoms with van der Waals surface area (Å²) in [6, 6.07) is 6.93. The Bertz CT molecular complexity index is 4220. The Hall–Kier alpha value is -9.25. The van der Waals surface area contributed by atoms with Crippen LogP contribution < -0.4 is 47.0 Å². The molecule has 28 nitrogen and oxygen atoms in total. The van der Waals surface area contributed by atoms with Crippen molar-refractivity contribution in [2.75, 3.05) is 67.5 Å². The summed E-state index contributed by atoms with van der Waals surface area (Å²) in [5.74, 6) is 7.49. The number of hydrogen-bond donors (Lipinski definition) is 9. The molecule has 8 aromatic heterocycles. The molecule has 3 amide bonds. The number of thiazole rings is 1. The molecule has 4 aliphatic heterocycles. The van der Waals surface area contributed by atoms with Gasteiger partial charge in [0.1, 0.15) is 47.2 Å². The Balaban J connectivity index is 0.604. The molecule has 0 radical (unpaired) electrons. The second kappa shape index (κ2) is 23.3. The lowest BCUT2D eigenvalue weighted by atomic mass is 9.96. The van der Waals surface area contributed by atoms with Crippen molar-refractivity contribution < 1.29 is 14.4 Å². The summed E-state index contributed by atoms with van der Waals surface area (Å²) in [6.45, 7) is 8.63. The topological polar surface area (TPSA) is 352 Å². The van der Waals surface area contributed by atoms with Gasteiger partial charge in [-0.3, -0.25) is 29.7 Å². The average Bonchev–Trinajstić information content (AvgIpc) is 1.58. The number of nitrogens with zero attached hydrogens (tertiary/aromatic N) is 16. The monoisotopic (exact) mass is 1290 g/mol. The summed E-state index contributed by atoms with van der Waals surface area (Å²) in [7, 11) is 0. The van der Waals surface area contributed by atoms with Gasteiger partial charge < -0.3 is 51.9 Å². The smallest absolute Gasteiger partial charge is 0.251 e. The Morgan fingerprint density at radius 1 is 0.660 bits per heavy atom. The van der Waals surface area contributed by atoms with Gasteiger partial charge in [-0.25, -0.2) is 29.9 Å². The third-order valence-electron chi connectivity index (χ3n) is 21.4. The lowest BCUT2D eigenvalue weighted by molar-refractivity contribution is -0.136. The highest BCUT2D eigenvalue weighted by Crippen LogP contribution is 2.57. The minimum atomic E-state index is -0.886. The molecule has 0 aromatic carbocycles. The summed E-state index contributed by atoms with van der Waals surface area (Å²) < 4.78 is 0. The summed E-state index contributed by atoms with van der Waals surface area (Å²) in [4.78, 5) is 95.0. The van der Waals surface area contributed by atoms with Crippen molar-refractivity contribution in [1.82, 2.24) is 80.3 Å². The number of amides is 3. The summed E-state index contributed by atoms with van der Waals surface area (Å²) in [5.41, 5.74) is 14.7. The van der Waals surface area contributed by atoms with Crippen molar-refractivity contribution in [2.45, 2.75) is 171 Å². The number of carbonyl (C=O) groups is 3. The molecule has 2 saturated carbocycles.